The fourth-order valence-electron chi connectivity index (χ4n) is 3.44. The van der Waals surface area contributed by atoms with Crippen molar-refractivity contribution < 1.29 is 4.79 Å². The molecule has 0 spiro atoms. The van der Waals surface area contributed by atoms with Crippen LogP contribution in [-0.4, -0.2) is 32.1 Å². The summed E-state index contributed by atoms with van der Waals surface area (Å²) >= 11 is 0. The Morgan fingerprint density at radius 3 is 2.38 bits per heavy atom. The van der Waals surface area contributed by atoms with Crippen molar-refractivity contribution in [1.29, 1.82) is 0 Å². The van der Waals surface area contributed by atoms with Gasteiger partial charge < -0.3 is 10.2 Å². The highest BCUT2D eigenvalue weighted by Crippen LogP contribution is 2.27. The molecule has 0 atom stereocenters. The number of aryl methyl sites for hydroxylation is 3. The molecule has 0 bridgehead atoms. The SMILES string of the molecule is CCN(Cc1c(Nc2ccc(-c3ccc(C)nc3C)cc2)nn(C)c1C)C(C)=O. The van der Waals surface area contributed by atoms with Crippen LogP contribution in [0.2, 0.25) is 0 Å². The number of carbonyl (C=O) groups is 1. The zero-order valence-corrected chi connectivity index (χ0v) is 18.1. The van der Waals surface area contributed by atoms with Crippen LogP contribution < -0.4 is 5.32 Å². The first-order valence-electron chi connectivity index (χ1n) is 9.89. The smallest absolute Gasteiger partial charge is 0.219 e. The van der Waals surface area contributed by atoms with Gasteiger partial charge in [0.15, 0.2) is 5.82 Å². The number of carbonyl (C=O) groups excluding carboxylic acids is 1. The third-order valence-electron chi connectivity index (χ3n) is 5.32. The van der Waals surface area contributed by atoms with Gasteiger partial charge >= 0.3 is 0 Å². The first-order chi connectivity index (χ1) is 13.8. The van der Waals surface area contributed by atoms with Gasteiger partial charge in [-0.1, -0.05) is 18.2 Å². The Bertz CT molecular complexity index is 1020. The number of hydrogen-bond acceptors (Lipinski definition) is 4. The number of amides is 1. The molecule has 0 aliphatic heterocycles. The molecule has 29 heavy (non-hydrogen) atoms. The molecule has 0 radical (unpaired) electrons. The molecule has 152 valence electrons. The van der Waals surface area contributed by atoms with E-state index in [-0.39, 0.29) is 5.91 Å². The molecule has 6 nitrogen and oxygen atoms in total. The Labute approximate surface area is 172 Å². The molecule has 0 aliphatic carbocycles. The lowest BCUT2D eigenvalue weighted by Crippen LogP contribution is -2.28. The summed E-state index contributed by atoms with van der Waals surface area (Å²) in [6.07, 6.45) is 0. The predicted octanol–water partition coefficient (Wildman–Crippen LogP) is 4.52. The van der Waals surface area contributed by atoms with E-state index in [1.807, 2.05) is 62.5 Å². The van der Waals surface area contributed by atoms with Crippen LogP contribution in [0.1, 0.15) is 36.5 Å². The Kier molecular flexibility index (Phi) is 6.01. The van der Waals surface area contributed by atoms with Crippen LogP contribution in [0.4, 0.5) is 11.5 Å². The highest BCUT2D eigenvalue weighted by molar-refractivity contribution is 5.74. The average molecular weight is 392 g/mol. The number of hydrogen-bond donors (Lipinski definition) is 1. The lowest BCUT2D eigenvalue weighted by Gasteiger charge is -2.19. The molecule has 6 heteroatoms. The maximum atomic E-state index is 11.9. The monoisotopic (exact) mass is 391 g/mol. The summed E-state index contributed by atoms with van der Waals surface area (Å²) < 4.78 is 1.85. The number of nitrogens with zero attached hydrogens (tertiary/aromatic N) is 4. The van der Waals surface area contributed by atoms with Gasteiger partial charge in [0, 0.05) is 54.4 Å². The number of aromatic nitrogens is 3. The van der Waals surface area contributed by atoms with Gasteiger partial charge in [-0.25, -0.2) is 0 Å². The van der Waals surface area contributed by atoms with E-state index in [4.69, 9.17) is 0 Å². The molecule has 2 heterocycles. The van der Waals surface area contributed by atoms with E-state index in [1.54, 1.807) is 6.92 Å². The molecule has 0 aliphatic rings. The number of rotatable bonds is 6. The van der Waals surface area contributed by atoms with Crippen LogP contribution in [0.5, 0.6) is 0 Å². The van der Waals surface area contributed by atoms with Gasteiger partial charge in [-0.3, -0.25) is 14.5 Å². The standard InChI is InChI=1S/C23H29N5O/c1-7-28(18(5)29)14-22-17(4)27(6)26-23(22)25-20-11-9-19(10-12-20)21-13-8-15(2)24-16(21)3/h8-13H,7,14H2,1-6H3,(H,25,26). The van der Waals surface area contributed by atoms with Crippen molar-refractivity contribution in [2.45, 2.75) is 41.2 Å². The topological polar surface area (TPSA) is 63.0 Å². The van der Waals surface area contributed by atoms with Crippen LogP contribution >= 0.6 is 0 Å². The second-order valence-corrected chi connectivity index (χ2v) is 7.36. The highest BCUT2D eigenvalue weighted by Gasteiger charge is 2.17. The predicted molar refractivity (Wildman–Crippen MR) is 117 cm³/mol. The first kappa shape index (κ1) is 20.6. The van der Waals surface area contributed by atoms with E-state index >= 15 is 0 Å². The summed E-state index contributed by atoms with van der Waals surface area (Å²) in [6.45, 7) is 10.9. The minimum absolute atomic E-state index is 0.0631. The first-order valence-corrected chi connectivity index (χ1v) is 9.89. The molecule has 0 fully saturated rings. The van der Waals surface area contributed by atoms with Gasteiger partial charge in [-0.05, 0) is 51.5 Å². The van der Waals surface area contributed by atoms with Crippen molar-refractivity contribution in [1.82, 2.24) is 19.7 Å². The zero-order chi connectivity index (χ0) is 21.1. The van der Waals surface area contributed by atoms with E-state index in [0.717, 1.165) is 45.3 Å². The van der Waals surface area contributed by atoms with Crippen molar-refractivity contribution >= 4 is 17.4 Å². The van der Waals surface area contributed by atoms with E-state index in [9.17, 15) is 4.79 Å². The van der Waals surface area contributed by atoms with Crippen LogP contribution in [0, 0.1) is 20.8 Å². The molecule has 1 aromatic carbocycles. The number of pyridine rings is 1. The third kappa shape index (κ3) is 4.47. The molecular weight excluding hydrogens is 362 g/mol. The number of anilines is 2. The van der Waals surface area contributed by atoms with Gasteiger partial charge in [-0.2, -0.15) is 5.10 Å². The zero-order valence-electron chi connectivity index (χ0n) is 18.1. The molecule has 1 N–H and O–H groups in total. The average Bonchev–Trinajstić information content (AvgIpc) is 2.93. The van der Waals surface area contributed by atoms with Crippen molar-refractivity contribution in [3.8, 4) is 11.1 Å². The van der Waals surface area contributed by atoms with E-state index < -0.39 is 0 Å². The largest absolute Gasteiger partial charge is 0.339 e. The summed E-state index contributed by atoms with van der Waals surface area (Å²) in [7, 11) is 1.92. The van der Waals surface area contributed by atoms with Crippen LogP contribution in [-0.2, 0) is 18.4 Å². The molecule has 2 aromatic heterocycles. The minimum atomic E-state index is 0.0631. The molecule has 3 rings (SSSR count). The van der Waals surface area contributed by atoms with Crippen LogP contribution in [0.15, 0.2) is 36.4 Å². The second kappa shape index (κ2) is 8.47. The fourth-order valence-corrected chi connectivity index (χ4v) is 3.44. The molecular formula is C23H29N5O. The lowest BCUT2D eigenvalue weighted by molar-refractivity contribution is -0.129. The Morgan fingerprint density at radius 1 is 1.10 bits per heavy atom. The Morgan fingerprint density at radius 2 is 1.79 bits per heavy atom. The Hall–Kier alpha value is -3.15. The van der Waals surface area contributed by atoms with Gasteiger partial charge in [0.25, 0.3) is 0 Å². The number of nitrogens with one attached hydrogen (secondary N) is 1. The molecule has 0 saturated carbocycles. The third-order valence-corrected chi connectivity index (χ3v) is 5.32. The van der Waals surface area contributed by atoms with Gasteiger partial charge in [-0.15, -0.1) is 0 Å². The lowest BCUT2D eigenvalue weighted by atomic mass is 10.0. The van der Waals surface area contributed by atoms with Crippen molar-refractivity contribution in [2.24, 2.45) is 7.05 Å². The Balaban J connectivity index is 1.85. The van der Waals surface area contributed by atoms with E-state index in [0.29, 0.717) is 13.1 Å². The second-order valence-electron chi connectivity index (χ2n) is 7.36. The van der Waals surface area contributed by atoms with E-state index in [1.165, 1.54) is 0 Å². The quantitative estimate of drug-likeness (QED) is 0.671. The summed E-state index contributed by atoms with van der Waals surface area (Å²) in [6, 6.07) is 12.4. The number of benzene rings is 1. The van der Waals surface area contributed by atoms with Gasteiger partial charge in [0.2, 0.25) is 5.91 Å². The summed E-state index contributed by atoms with van der Waals surface area (Å²) in [5.74, 6) is 0.846. The van der Waals surface area contributed by atoms with Crippen LogP contribution in [0.25, 0.3) is 11.1 Å². The summed E-state index contributed by atoms with van der Waals surface area (Å²) in [5.41, 5.74) is 7.35. The van der Waals surface area contributed by atoms with Crippen molar-refractivity contribution in [3.05, 3.63) is 59.0 Å². The minimum Gasteiger partial charge on any atom is -0.339 e. The molecule has 1 amide bonds. The normalized spacial score (nSPS) is 10.8. The highest BCUT2D eigenvalue weighted by atomic mass is 16.2. The van der Waals surface area contributed by atoms with Crippen LogP contribution in [0.3, 0.4) is 0 Å². The molecule has 3 aromatic rings. The van der Waals surface area contributed by atoms with Gasteiger partial charge in [0.1, 0.15) is 0 Å². The summed E-state index contributed by atoms with van der Waals surface area (Å²) in [4.78, 5) is 18.2. The van der Waals surface area contributed by atoms with E-state index in [2.05, 4.69) is 33.6 Å². The maximum absolute atomic E-state index is 11.9. The van der Waals surface area contributed by atoms with Gasteiger partial charge in [0.05, 0.1) is 6.54 Å². The van der Waals surface area contributed by atoms with Crippen molar-refractivity contribution in [2.75, 3.05) is 11.9 Å². The fraction of sp³-hybridized carbons (Fsp3) is 0.348. The summed E-state index contributed by atoms with van der Waals surface area (Å²) in [5, 5.41) is 8.03. The molecule has 0 saturated heterocycles. The maximum Gasteiger partial charge on any atom is 0.219 e. The van der Waals surface area contributed by atoms with Crippen molar-refractivity contribution in [3.63, 3.8) is 0 Å². The molecule has 0 unspecified atom stereocenters.